The van der Waals surface area contributed by atoms with Gasteiger partial charge in [-0.25, -0.2) is 4.79 Å². The van der Waals surface area contributed by atoms with Crippen LogP contribution in [0.4, 0.5) is 13.2 Å². The molecular weight excluding hydrogens is 647 g/mol. The number of hydrogen-bond acceptors (Lipinski definition) is 8. The number of aliphatic hydroxyl groups excluding tert-OH is 2. The van der Waals surface area contributed by atoms with Crippen molar-refractivity contribution in [2.24, 2.45) is 0 Å². The van der Waals surface area contributed by atoms with Gasteiger partial charge in [0, 0.05) is 31.8 Å². The molecule has 1 saturated heterocycles. The first-order valence-corrected chi connectivity index (χ1v) is 15.4. The summed E-state index contributed by atoms with van der Waals surface area (Å²) in [7, 11) is 3.08. The zero-order valence-corrected chi connectivity index (χ0v) is 26.7. The number of methoxy groups -OCH3 is 2. The van der Waals surface area contributed by atoms with E-state index in [2.05, 4.69) is 0 Å². The number of rotatable bonds is 12. The predicted octanol–water partition coefficient (Wildman–Crippen LogP) is 3.14. The van der Waals surface area contributed by atoms with Gasteiger partial charge in [0.05, 0.1) is 25.7 Å². The van der Waals surface area contributed by atoms with Gasteiger partial charge in [0.1, 0.15) is 29.9 Å². The molecule has 1 aliphatic heterocycles. The molecule has 1 unspecified atom stereocenters. The number of alkyl halides is 3. The first-order chi connectivity index (χ1) is 23.4. The number of amides is 1. The Balaban J connectivity index is 1.51. The Labute approximate surface area is 279 Å². The van der Waals surface area contributed by atoms with Crippen molar-refractivity contribution in [1.29, 1.82) is 0 Å². The van der Waals surface area contributed by atoms with E-state index < -0.39 is 59.8 Å². The predicted molar refractivity (Wildman–Crippen MR) is 171 cm³/mol. The van der Waals surface area contributed by atoms with Gasteiger partial charge in [-0.2, -0.15) is 13.2 Å². The van der Waals surface area contributed by atoms with E-state index >= 15 is 0 Å². The van der Waals surface area contributed by atoms with E-state index in [0.29, 0.717) is 28.2 Å². The van der Waals surface area contributed by atoms with Crippen LogP contribution in [0.5, 0.6) is 11.5 Å². The Morgan fingerprint density at radius 2 is 1.47 bits per heavy atom. The highest BCUT2D eigenvalue weighted by molar-refractivity contribution is 5.81. The zero-order chi connectivity index (χ0) is 35.3. The Kier molecular flexibility index (Phi) is 10.6. The number of nitrogens with one attached hydrogen (secondary N) is 1. The average molecular weight is 684 g/mol. The Hall–Kier alpha value is -4.92. The second-order valence-electron chi connectivity index (χ2n) is 11.5. The van der Waals surface area contributed by atoms with Gasteiger partial charge in [0.2, 0.25) is 0 Å². The van der Waals surface area contributed by atoms with Crippen molar-refractivity contribution in [2.45, 2.75) is 55.5 Å². The van der Waals surface area contributed by atoms with E-state index in [9.17, 15) is 37.8 Å². The Bertz CT molecular complexity index is 1800. The minimum absolute atomic E-state index is 0.127. The molecule has 3 N–H and O–H groups in total. The molecule has 260 valence electrons. The van der Waals surface area contributed by atoms with Crippen molar-refractivity contribution in [1.82, 2.24) is 14.5 Å². The second kappa shape index (κ2) is 14.7. The fourth-order valence-electron chi connectivity index (χ4n) is 6.30. The maximum absolute atomic E-state index is 13.4. The van der Waals surface area contributed by atoms with Crippen LogP contribution in [0.15, 0.2) is 101 Å². The van der Waals surface area contributed by atoms with Gasteiger partial charge in [-0.15, -0.1) is 0 Å². The maximum atomic E-state index is 13.4. The first-order valence-electron chi connectivity index (χ1n) is 15.4. The normalized spacial score (nSPS) is 18.6. The van der Waals surface area contributed by atoms with Crippen LogP contribution < -0.4 is 26.0 Å². The summed E-state index contributed by atoms with van der Waals surface area (Å²) < 4.78 is 56.5. The van der Waals surface area contributed by atoms with Crippen LogP contribution >= 0.6 is 0 Å². The van der Waals surface area contributed by atoms with E-state index in [4.69, 9.17) is 14.2 Å². The lowest BCUT2D eigenvalue weighted by molar-refractivity contribution is -0.173. The third-order valence-corrected chi connectivity index (χ3v) is 8.72. The molecule has 3 aromatic carbocycles. The largest absolute Gasteiger partial charge is 0.497 e. The van der Waals surface area contributed by atoms with Gasteiger partial charge in [-0.05, 0) is 47.4 Å². The third-order valence-electron chi connectivity index (χ3n) is 8.72. The molecule has 5 rings (SSSR count). The molecule has 11 nitrogen and oxygen atoms in total. The van der Waals surface area contributed by atoms with Gasteiger partial charge in [-0.3, -0.25) is 18.7 Å². The summed E-state index contributed by atoms with van der Waals surface area (Å²) in [5, 5.41) is 25.6. The van der Waals surface area contributed by atoms with Gasteiger partial charge < -0.3 is 29.7 Å². The molecule has 0 bridgehead atoms. The molecule has 1 amide bonds. The van der Waals surface area contributed by atoms with E-state index in [1.165, 1.54) is 20.4 Å². The zero-order valence-electron chi connectivity index (χ0n) is 26.7. The van der Waals surface area contributed by atoms with Crippen LogP contribution in [-0.4, -0.2) is 70.5 Å². The van der Waals surface area contributed by atoms with Crippen LogP contribution in [0.3, 0.4) is 0 Å². The van der Waals surface area contributed by atoms with Crippen molar-refractivity contribution >= 4 is 5.91 Å². The maximum Gasteiger partial charge on any atom is 0.471 e. The highest BCUT2D eigenvalue weighted by Crippen LogP contribution is 2.47. The fraction of sp³-hybridized carbons (Fsp3) is 0.343. The summed E-state index contributed by atoms with van der Waals surface area (Å²) in [6.07, 6.45) is -9.21. The highest BCUT2D eigenvalue weighted by atomic mass is 19.4. The van der Waals surface area contributed by atoms with Gasteiger partial charge in [0.25, 0.3) is 5.56 Å². The number of carbonyl (C=O) groups excluding carboxylic acids is 1. The van der Waals surface area contributed by atoms with Crippen LogP contribution in [-0.2, 0) is 21.5 Å². The standard InChI is InChI=1S/C35H36F3N3O8/c1-47-25-13-9-23(10-14-25)34(22-7-4-3-5-8-22,24-11-15-26(48-2)16-12-24)31(44)30-27(42)21-29(49-30)41-20-17-28(43)40(33(41)46)19-6-18-39-32(45)35(36,37)38/h3-5,7-17,20,27,29-31,42,44H,6,18-19,21H2,1-2H3,(H,39,45)/t27-,29+,30-,31?/m0/s1. The summed E-state index contributed by atoms with van der Waals surface area (Å²) in [5.74, 6) is -0.951. The van der Waals surface area contributed by atoms with Crippen molar-refractivity contribution < 1.29 is 42.4 Å². The summed E-state index contributed by atoms with van der Waals surface area (Å²) in [6.45, 7) is -0.714. The van der Waals surface area contributed by atoms with E-state index in [1.54, 1.807) is 29.6 Å². The molecule has 0 aliphatic carbocycles. The smallest absolute Gasteiger partial charge is 0.471 e. The average Bonchev–Trinajstić information content (AvgIpc) is 3.49. The second-order valence-corrected chi connectivity index (χ2v) is 11.5. The van der Waals surface area contributed by atoms with Crippen LogP contribution in [0, 0.1) is 0 Å². The lowest BCUT2D eigenvalue weighted by atomic mass is 9.64. The summed E-state index contributed by atoms with van der Waals surface area (Å²) in [5.41, 5.74) is -0.882. The minimum Gasteiger partial charge on any atom is -0.497 e. The lowest BCUT2D eigenvalue weighted by Gasteiger charge is -2.43. The summed E-state index contributed by atoms with van der Waals surface area (Å²) >= 11 is 0. The first kappa shape index (κ1) is 35.4. The molecule has 4 aromatic rings. The number of hydrogen-bond donors (Lipinski definition) is 3. The number of aliphatic hydroxyl groups is 2. The molecule has 1 aliphatic rings. The van der Waals surface area contributed by atoms with Crippen LogP contribution in [0.1, 0.15) is 35.8 Å². The van der Waals surface area contributed by atoms with Crippen molar-refractivity contribution in [2.75, 3.05) is 20.8 Å². The van der Waals surface area contributed by atoms with E-state index in [0.717, 1.165) is 15.2 Å². The summed E-state index contributed by atoms with van der Waals surface area (Å²) in [6, 6.07) is 24.6. The SMILES string of the molecule is COc1ccc(C(c2ccccc2)(c2ccc(OC)cc2)C(O)[C@H]2O[C@@H](n3ccc(=O)n(CCCNC(=O)C(F)(F)F)c3=O)C[C@@H]2O)cc1. The highest BCUT2D eigenvalue weighted by Gasteiger charge is 2.52. The van der Waals surface area contributed by atoms with Gasteiger partial charge in [-0.1, -0.05) is 54.6 Å². The lowest BCUT2D eigenvalue weighted by Crippen LogP contribution is -2.51. The topological polar surface area (TPSA) is 141 Å². The van der Waals surface area contributed by atoms with Crippen molar-refractivity contribution in [3.63, 3.8) is 0 Å². The quantitative estimate of drug-likeness (QED) is 0.153. The molecular formula is C35H36F3N3O8. The van der Waals surface area contributed by atoms with Crippen LogP contribution in [0.2, 0.25) is 0 Å². The number of ether oxygens (including phenoxy) is 3. The Morgan fingerprint density at radius 1 is 0.918 bits per heavy atom. The summed E-state index contributed by atoms with van der Waals surface area (Å²) in [4.78, 5) is 37.1. The monoisotopic (exact) mass is 683 g/mol. The molecule has 0 spiro atoms. The number of nitrogens with zero attached hydrogens (tertiary/aromatic N) is 2. The molecule has 0 radical (unpaired) electrons. The molecule has 0 saturated carbocycles. The number of aromatic nitrogens is 2. The third kappa shape index (κ3) is 7.12. The van der Waals surface area contributed by atoms with Gasteiger partial charge >= 0.3 is 17.8 Å². The van der Waals surface area contributed by atoms with Crippen molar-refractivity contribution in [3.05, 3.63) is 129 Å². The fourth-order valence-corrected chi connectivity index (χ4v) is 6.30. The van der Waals surface area contributed by atoms with E-state index in [1.807, 2.05) is 54.6 Å². The molecule has 1 fully saturated rings. The number of benzene rings is 3. The van der Waals surface area contributed by atoms with Gasteiger partial charge in [0.15, 0.2) is 0 Å². The minimum atomic E-state index is -5.06. The number of halogens is 3. The Morgan fingerprint density at radius 3 is 2.00 bits per heavy atom. The number of carbonyl (C=O) groups is 1. The molecule has 4 atom stereocenters. The van der Waals surface area contributed by atoms with E-state index in [-0.39, 0.29) is 19.4 Å². The van der Waals surface area contributed by atoms with Crippen molar-refractivity contribution in [3.8, 4) is 11.5 Å². The van der Waals surface area contributed by atoms with Crippen LogP contribution in [0.25, 0.3) is 0 Å². The molecule has 2 heterocycles. The molecule has 1 aromatic heterocycles. The molecule has 14 heteroatoms. The molecule has 49 heavy (non-hydrogen) atoms.